The van der Waals surface area contributed by atoms with E-state index < -0.39 is 0 Å². The molecule has 57 heavy (non-hydrogen) atoms. The highest BCUT2D eigenvalue weighted by molar-refractivity contribution is 6.26. The fourth-order valence-corrected chi connectivity index (χ4v) is 8.53. The van der Waals surface area contributed by atoms with Crippen LogP contribution in [0.4, 0.5) is 0 Å². The van der Waals surface area contributed by atoms with Crippen molar-refractivity contribution < 1.29 is 0 Å². The van der Waals surface area contributed by atoms with Crippen LogP contribution in [0.5, 0.6) is 0 Å². The Morgan fingerprint density at radius 2 is 0.526 bits per heavy atom. The third-order valence-corrected chi connectivity index (χ3v) is 11.5. The molecule has 0 radical (unpaired) electrons. The predicted molar refractivity (Wildman–Crippen MR) is 248 cm³/mol. The lowest BCUT2D eigenvalue weighted by Gasteiger charge is -2.15. The second-order valence-electron chi connectivity index (χ2n) is 15.0. The lowest BCUT2D eigenvalue weighted by atomic mass is 9.88. The lowest BCUT2D eigenvalue weighted by molar-refractivity contribution is 1.45. The van der Waals surface area contributed by atoms with E-state index in [9.17, 15) is 0 Å². The van der Waals surface area contributed by atoms with Crippen molar-refractivity contribution in [2.75, 3.05) is 0 Å². The Morgan fingerprint density at radius 3 is 0.965 bits per heavy atom. The molecule has 0 heterocycles. The molecule has 10 rings (SSSR count). The van der Waals surface area contributed by atoms with E-state index in [2.05, 4.69) is 220 Å². The molecule has 0 aromatic heterocycles. The smallest absolute Gasteiger partial charge is 0.00926 e. The summed E-state index contributed by atoms with van der Waals surface area (Å²) >= 11 is 0. The molecule has 272 valence electrons. The third kappa shape index (κ3) is 6.60. The van der Waals surface area contributed by atoms with Crippen molar-refractivity contribution in [3.8, 4) is 66.8 Å². The Labute approximate surface area is 336 Å². The quantitative estimate of drug-likeness (QED) is 0.150. The fourth-order valence-electron chi connectivity index (χ4n) is 8.53. The second-order valence-corrected chi connectivity index (χ2v) is 15.0. The summed E-state index contributed by atoms with van der Waals surface area (Å²) in [6, 6.07) is 75.9. The van der Waals surface area contributed by atoms with Crippen molar-refractivity contribution in [3.63, 3.8) is 0 Å². The van der Waals surface area contributed by atoms with Crippen LogP contribution in [0.15, 0.2) is 206 Å². The summed E-state index contributed by atoms with van der Waals surface area (Å²) in [6.07, 6.45) is 0. The van der Waals surface area contributed by atoms with Gasteiger partial charge in [0, 0.05) is 0 Å². The number of benzene rings is 10. The maximum atomic E-state index is 2.42. The Balaban J connectivity index is 0.00000422. The molecule has 0 nitrogen and oxygen atoms in total. The number of hydrogen-bond acceptors (Lipinski definition) is 0. The van der Waals surface area contributed by atoms with Gasteiger partial charge in [-0.15, -0.1) is 0 Å². The Bertz CT molecular complexity index is 2870. The molecular formula is C57H44. The largest absolute Gasteiger partial charge is 0.0776 e. The van der Waals surface area contributed by atoms with E-state index in [0.29, 0.717) is 0 Å². The standard InChI is InChI=1S/C56H40.CH4/c1-37-23-25-43(33-53(37)47-19-11-17-41(31-47)39-13-5-3-6-14-39)45-27-29-51-49-21-9-10-22-50(49)52-30-28-46(36-56(52)55(51)35-45)44-26-24-38(2)54(34-44)48-20-12-18-42(32-48)40-15-7-4-8-16-40;/h3-36H,1-2H3;1H4. The van der Waals surface area contributed by atoms with Crippen LogP contribution in [-0.4, -0.2) is 0 Å². The summed E-state index contributed by atoms with van der Waals surface area (Å²) in [5.41, 5.74) is 17.3. The van der Waals surface area contributed by atoms with Crippen molar-refractivity contribution in [1.29, 1.82) is 0 Å². The van der Waals surface area contributed by atoms with E-state index in [4.69, 9.17) is 0 Å². The maximum Gasteiger partial charge on any atom is -0.00926 e. The van der Waals surface area contributed by atoms with E-state index in [1.807, 2.05) is 0 Å². The summed E-state index contributed by atoms with van der Waals surface area (Å²) < 4.78 is 0. The fraction of sp³-hybridized carbons (Fsp3) is 0.0526. The summed E-state index contributed by atoms with van der Waals surface area (Å²) in [5.74, 6) is 0. The van der Waals surface area contributed by atoms with Crippen LogP contribution in [0.3, 0.4) is 0 Å². The maximum absolute atomic E-state index is 2.42. The lowest BCUT2D eigenvalue weighted by Crippen LogP contribution is -1.89. The molecule has 0 amide bonds. The van der Waals surface area contributed by atoms with Gasteiger partial charge >= 0.3 is 0 Å². The molecule has 10 aromatic rings. The molecule has 0 fully saturated rings. The van der Waals surface area contributed by atoms with E-state index >= 15 is 0 Å². The van der Waals surface area contributed by atoms with Gasteiger partial charge in [-0.3, -0.25) is 0 Å². The average molecular weight is 729 g/mol. The van der Waals surface area contributed by atoms with E-state index in [0.717, 1.165) is 0 Å². The topological polar surface area (TPSA) is 0 Å². The number of fused-ring (bicyclic) bond motifs is 6. The first-order chi connectivity index (χ1) is 27.6. The van der Waals surface area contributed by atoms with E-state index in [1.54, 1.807) is 0 Å². The van der Waals surface area contributed by atoms with E-state index in [-0.39, 0.29) is 7.43 Å². The van der Waals surface area contributed by atoms with Gasteiger partial charge in [0.2, 0.25) is 0 Å². The minimum absolute atomic E-state index is 0. The molecule has 0 aliphatic heterocycles. The van der Waals surface area contributed by atoms with Gasteiger partial charge in [-0.2, -0.15) is 0 Å². The van der Waals surface area contributed by atoms with Gasteiger partial charge in [-0.05, 0) is 160 Å². The summed E-state index contributed by atoms with van der Waals surface area (Å²) in [7, 11) is 0. The molecule has 0 bridgehead atoms. The molecule has 0 unspecified atom stereocenters. The highest BCUT2D eigenvalue weighted by Crippen LogP contribution is 2.41. The van der Waals surface area contributed by atoms with Gasteiger partial charge in [0.05, 0.1) is 0 Å². The predicted octanol–water partition coefficient (Wildman–Crippen LogP) is 16.4. The SMILES string of the molecule is C.Cc1ccc(-c2ccc3c4ccccc4c4ccc(-c5ccc(C)c(-c6cccc(-c7ccccc7)c6)c5)cc4c3c2)cc1-c1cccc(-c2ccccc2)c1. The van der Waals surface area contributed by atoms with Crippen molar-refractivity contribution in [3.05, 3.63) is 217 Å². The first-order valence-electron chi connectivity index (χ1n) is 19.5. The van der Waals surface area contributed by atoms with Crippen molar-refractivity contribution in [2.24, 2.45) is 0 Å². The molecule has 0 spiro atoms. The first kappa shape index (κ1) is 35.7. The zero-order valence-electron chi connectivity index (χ0n) is 31.6. The molecule has 0 atom stereocenters. The Kier molecular flexibility index (Phi) is 9.33. The van der Waals surface area contributed by atoms with Gasteiger partial charge in [0.25, 0.3) is 0 Å². The molecule has 0 aliphatic rings. The monoisotopic (exact) mass is 728 g/mol. The number of hydrogen-bond donors (Lipinski definition) is 0. The zero-order valence-corrected chi connectivity index (χ0v) is 31.6. The summed E-state index contributed by atoms with van der Waals surface area (Å²) in [6.45, 7) is 4.43. The minimum atomic E-state index is 0. The number of rotatable bonds is 6. The third-order valence-electron chi connectivity index (χ3n) is 11.5. The Morgan fingerprint density at radius 1 is 0.211 bits per heavy atom. The van der Waals surface area contributed by atoms with Crippen molar-refractivity contribution >= 4 is 32.3 Å². The molecule has 0 aliphatic carbocycles. The van der Waals surface area contributed by atoms with Crippen molar-refractivity contribution in [2.45, 2.75) is 21.3 Å². The molecule has 10 aromatic carbocycles. The van der Waals surface area contributed by atoms with Gasteiger partial charge in [0.15, 0.2) is 0 Å². The van der Waals surface area contributed by atoms with Crippen LogP contribution >= 0.6 is 0 Å². The van der Waals surface area contributed by atoms with Gasteiger partial charge in [-0.25, -0.2) is 0 Å². The number of aryl methyl sites for hydroxylation is 2. The molecule has 0 saturated carbocycles. The molecule has 0 heteroatoms. The highest BCUT2D eigenvalue weighted by atomic mass is 14.2. The van der Waals surface area contributed by atoms with Crippen LogP contribution in [0.25, 0.3) is 99.1 Å². The van der Waals surface area contributed by atoms with Crippen LogP contribution in [-0.2, 0) is 0 Å². The van der Waals surface area contributed by atoms with Gasteiger partial charge in [0.1, 0.15) is 0 Å². The van der Waals surface area contributed by atoms with E-state index in [1.165, 1.54) is 110 Å². The molecule has 0 saturated heterocycles. The molecule has 0 N–H and O–H groups in total. The average Bonchev–Trinajstić information content (AvgIpc) is 3.27. The van der Waals surface area contributed by atoms with Crippen LogP contribution in [0.2, 0.25) is 0 Å². The van der Waals surface area contributed by atoms with Crippen LogP contribution < -0.4 is 0 Å². The highest BCUT2D eigenvalue weighted by Gasteiger charge is 2.14. The molecular weight excluding hydrogens is 685 g/mol. The van der Waals surface area contributed by atoms with Crippen LogP contribution in [0.1, 0.15) is 18.6 Å². The summed E-state index contributed by atoms with van der Waals surface area (Å²) in [5, 5.41) is 7.67. The van der Waals surface area contributed by atoms with Gasteiger partial charge < -0.3 is 0 Å². The van der Waals surface area contributed by atoms with Crippen LogP contribution in [0, 0.1) is 13.8 Å². The van der Waals surface area contributed by atoms with Crippen molar-refractivity contribution in [1.82, 2.24) is 0 Å². The first-order valence-corrected chi connectivity index (χ1v) is 19.5. The Hall–Kier alpha value is -7.02. The second kappa shape index (κ2) is 14.9. The normalized spacial score (nSPS) is 11.2. The zero-order chi connectivity index (χ0) is 37.6. The van der Waals surface area contributed by atoms with Gasteiger partial charge in [-0.1, -0.05) is 177 Å². The summed E-state index contributed by atoms with van der Waals surface area (Å²) in [4.78, 5) is 0. The minimum Gasteiger partial charge on any atom is -0.0776 e.